The number of aliphatic hydroxyl groups excluding tert-OH is 1. The molecule has 3 rings (SSSR count). The number of hydrogen-bond donors (Lipinski definition) is 1. The van der Waals surface area contributed by atoms with Crippen molar-refractivity contribution in [3.05, 3.63) is 60.4 Å². The molecule has 4 heteroatoms. The van der Waals surface area contributed by atoms with Crippen LogP contribution >= 0.6 is 0 Å². The lowest BCUT2D eigenvalue weighted by Gasteiger charge is -2.18. The van der Waals surface area contributed by atoms with Crippen LogP contribution in [0.4, 0.5) is 5.69 Å². The van der Waals surface area contributed by atoms with Gasteiger partial charge in [-0.3, -0.25) is 4.98 Å². The Morgan fingerprint density at radius 3 is 2.56 bits per heavy atom. The van der Waals surface area contributed by atoms with Crippen LogP contribution in [0.15, 0.2) is 59.8 Å². The Balaban J connectivity index is 1.92. The average Bonchev–Trinajstić information content (AvgIpc) is 2.83. The van der Waals surface area contributed by atoms with Crippen LogP contribution in [0.1, 0.15) is 12.1 Å². The van der Waals surface area contributed by atoms with E-state index in [2.05, 4.69) is 10.1 Å². The average molecular weight is 239 g/mol. The van der Waals surface area contributed by atoms with Crippen LogP contribution in [0.5, 0.6) is 0 Å². The quantitative estimate of drug-likeness (QED) is 0.872. The minimum atomic E-state index is -0.621. The van der Waals surface area contributed by atoms with Crippen molar-refractivity contribution in [2.45, 2.75) is 12.6 Å². The van der Waals surface area contributed by atoms with Gasteiger partial charge in [-0.05, 0) is 24.3 Å². The zero-order valence-electron chi connectivity index (χ0n) is 9.77. The lowest BCUT2D eigenvalue weighted by atomic mass is 10.2. The van der Waals surface area contributed by atoms with E-state index in [1.165, 1.54) is 0 Å². The minimum Gasteiger partial charge on any atom is -0.371 e. The number of aliphatic hydroxyl groups is 1. The Bertz CT molecular complexity index is 554. The van der Waals surface area contributed by atoms with Crippen LogP contribution in [0.2, 0.25) is 0 Å². The van der Waals surface area contributed by atoms with Crippen molar-refractivity contribution in [2.24, 2.45) is 5.10 Å². The SMILES string of the molecule is OC1CC(c2ccccn2)=NN1c1ccccc1. The van der Waals surface area contributed by atoms with Crippen LogP contribution < -0.4 is 5.01 Å². The van der Waals surface area contributed by atoms with Gasteiger partial charge in [0.2, 0.25) is 0 Å². The molecule has 0 spiro atoms. The molecule has 0 amide bonds. The van der Waals surface area contributed by atoms with Gasteiger partial charge < -0.3 is 5.11 Å². The maximum absolute atomic E-state index is 10.1. The van der Waals surface area contributed by atoms with Crippen molar-refractivity contribution in [3.63, 3.8) is 0 Å². The summed E-state index contributed by atoms with van der Waals surface area (Å²) < 4.78 is 0. The maximum atomic E-state index is 10.1. The summed E-state index contributed by atoms with van der Waals surface area (Å²) in [5.41, 5.74) is 2.51. The van der Waals surface area contributed by atoms with Crippen molar-refractivity contribution in [1.29, 1.82) is 0 Å². The summed E-state index contributed by atoms with van der Waals surface area (Å²) in [7, 11) is 0. The van der Waals surface area contributed by atoms with Gasteiger partial charge in [0, 0.05) is 12.6 Å². The summed E-state index contributed by atoms with van der Waals surface area (Å²) in [6, 6.07) is 15.3. The smallest absolute Gasteiger partial charge is 0.153 e. The number of hydrogen-bond acceptors (Lipinski definition) is 4. The van der Waals surface area contributed by atoms with Crippen LogP contribution in [0.3, 0.4) is 0 Å². The van der Waals surface area contributed by atoms with E-state index in [9.17, 15) is 5.11 Å². The molecule has 0 fully saturated rings. The molecule has 0 bridgehead atoms. The second kappa shape index (κ2) is 4.58. The number of hydrazone groups is 1. The Labute approximate surface area is 105 Å². The Hall–Kier alpha value is -2.20. The highest BCUT2D eigenvalue weighted by atomic mass is 16.3. The largest absolute Gasteiger partial charge is 0.371 e. The van der Waals surface area contributed by atoms with Crippen molar-refractivity contribution < 1.29 is 5.11 Å². The fourth-order valence-corrected chi connectivity index (χ4v) is 2.00. The number of rotatable bonds is 2. The van der Waals surface area contributed by atoms with E-state index >= 15 is 0 Å². The van der Waals surface area contributed by atoms with Gasteiger partial charge in [0.05, 0.1) is 17.1 Å². The first-order valence-electron chi connectivity index (χ1n) is 5.86. The highest BCUT2D eigenvalue weighted by Gasteiger charge is 2.26. The second-order valence-electron chi connectivity index (χ2n) is 4.13. The first-order valence-corrected chi connectivity index (χ1v) is 5.86. The first-order chi connectivity index (χ1) is 8.84. The predicted molar refractivity (Wildman–Crippen MR) is 70.3 cm³/mol. The Kier molecular flexibility index (Phi) is 2.78. The van der Waals surface area contributed by atoms with E-state index in [0.717, 1.165) is 17.1 Å². The molecule has 0 radical (unpaired) electrons. The molecule has 1 aliphatic heterocycles. The molecule has 0 aliphatic carbocycles. The van der Waals surface area contributed by atoms with Gasteiger partial charge >= 0.3 is 0 Å². The zero-order valence-corrected chi connectivity index (χ0v) is 9.77. The summed E-state index contributed by atoms with van der Waals surface area (Å²) in [5, 5.41) is 16.1. The number of pyridine rings is 1. The standard InChI is InChI=1S/C14H13N3O/c18-14-10-13(12-8-4-5-9-15-12)16-17(14)11-6-2-1-3-7-11/h1-9,14,18H,10H2. The first kappa shape index (κ1) is 10.9. The molecule has 2 aromatic rings. The highest BCUT2D eigenvalue weighted by Crippen LogP contribution is 2.24. The number of anilines is 1. The normalized spacial score (nSPS) is 18.8. The van der Waals surface area contributed by atoms with Gasteiger partial charge in [0.25, 0.3) is 0 Å². The van der Waals surface area contributed by atoms with Gasteiger partial charge in [-0.25, -0.2) is 5.01 Å². The lowest BCUT2D eigenvalue weighted by Crippen LogP contribution is -2.25. The number of aromatic nitrogens is 1. The van der Waals surface area contributed by atoms with E-state index in [-0.39, 0.29) is 0 Å². The molecule has 1 aromatic carbocycles. The molecule has 1 aliphatic rings. The highest BCUT2D eigenvalue weighted by molar-refractivity contribution is 6.01. The fraction of sp³-hybridized carbons (Fsp3) is 0.143. The zero-order chi connectivity index (χ0) is 12.4. The van der Waals surface area contributed by atoms with Crippen molar-refractivity contribution in [1.82, 2.24) is 4.98 Å². The fourth-order valence-electron chi connectivity index (χ4n) is 2.00. The molecule has 1 unspecified atom stereocenters. The van der Waals surface area contributed by atoms with Gasteiger partial charge in [-0.15, -0.1) is 0 Å². The number of nitrogens with zero attached hydrogens (tertiary/aromatic N) is 3. The van der Waals surface area contributed by atoms with E-state index in [1.54, 1.807) is 11.2 Å². The molecule has 0 saturated heterocycles. The Morgan fingerprint density at radius 1 is 1.06 bits per heavy atom. The minimum absolute atomic E-state index is 0.492. The summed E-state index contributed by atoms with van der Waals surface area (Å²) in [6.45, 7) is 0. The summed E-state index contributed by atoms with van der Waals surface area (Å²) in [6.07, 6.45) is 1.60. The molecule has 90 valence electrons. The monoisotopic (exact) mass is 239 g/mol. The lowest BCUT2D eigenvalue weighted by molar-refractivity contribution is 0.186. The number of para-hydroxylation sites is 1. The van der Waals surface area contributed by atoms with E-state index in [4.69, 9.17) is 0 Å². The van der Waals surface area contributed by atoms with Crippen molar-refractivity contribution in [3.8, 4) is 0 Å². The van der Waals surface area contributed by atoms with E-state index < -0.39 is 6.23 Å². The second-order valence-corrected chi connectivity index (χ2v) is 4.13. The van der Waals surface area contributed by atoms with Crippen molar-refractivity contribution in [2.75, 3.05) is 5.01 Å². The van der Waals surface area contributed by atoms with Gasteiger partial charge in [-0.2, -0.15) is 5.10 Å². The third-order valence-corrected chi connectivity index (χ3v) is 2.87. The molecular weight excluding hydrogens is 226 g/mol. The van der Waals surface area contributed by atoms with Crippen LogP contribution in [0, 0.1) is 0 Å². The van der Waals surface area contributed by atoms with Crippen molar-refractivity contribution >= 4 is 11.4 Å². The summed E-state index contributed by atoms with van der Waals surface area (Å²) in [5.74, 6) is 0. The molecule has 4 nitrogen and oxygen atoms in total. The third kappa shape index (κ3) is 1.98. The molecular formula is C14H13N3O. The Morgan fingerprint density at radius 2 is 1.83 bits per heavy atom. The molecule has 18 heavy (non-hydrogen) atoms. The molecule has 2 heterocycles. The maximum Gasteiger partial charge on any atom is 0.153 e. The molecule has 1 atom stereocenters. The van der Waals surface area contributed by atoms with E-state index in [0.29, 0.717) is 6.42 Å². The van der Waals surface area contributed by atoms with Gasteiger partial charge in [-0.1, -0.05) is 24.3 Å². The van der Waals surface area contributed by atoms with Crippen LogP contribution in [-0.4, -0.2) is 22.0 Å². The van der Waals surface area contributed by atoms with Crippen LogP contribution in [0.25, 0.3) is 0 Å². The van der Waals surface area contributed by atoms with Gasteiger partial charge in [0.1, 0.15) is 0 Å². The summed E-state index contributed by atoms with van der Waals surface area (Å²) >= 11 is 0. The van der Waals surface area contributed by atoms with Crippen LogP contribution in [-0.2, 0) is 0 Å². The summed E-state index contributed by atoms with van der Waals surface area (Å²) in [4.78, 5) is 4.25. The topological polar surface area (TPSA) is 48.7 Å². The van der Waals surface area contributed by atoms with Gasteiger partial charge in [0.15, 0.2) is 6.23 Å². The molecule has 1 N–H and O–H groups in total. The van der Waals surface area contributed by atoms with E-state index in [1.807, 2.05) is 48.5 Å². The molecule has 0 saturated carbocycles. The third-order valence-electron chi connectivity index (χ3n) is 2.87. The molecule has 1 aromatic heterocycles. The number of benzene rings is 1. The predicted octanol–water partition coefficient (Wildman–Crippen LogP) is 2.01.